The van der Waals surface area contributed by atoms with E-state index >= 15 is 0 Å². The number of fused-ring (bicyclic) bond motifs is 1. The number of aromatic nitrogens is 2. The lowest BCUT2D eigenvalue weighted by Gasteiger charge is -2.35. The number of halogens is 1. The molecule has 1 aliphatic carbocycles. The first-order valence-electron chi connectivity index (χ1n) is 17.9. The first-order chi connectivity index (χ1) is 26.4. The Balaban J connectivity index is 0.000000303. The van der Waals surface area contributed by atoms with Gasteiger partial charge in [-0.3, -0.25) is 29.1 Å². The van der Waals surface area contributed by atoms with Crippen LogP contribution in [0.15, 0.2) is 38.8 Å². The van der Waals surface area contributed by atoms with Crippen molar-refractivity contribution in [3.63, 3.8) is 0 Å². The number of sulfone groups is 1. The number of aliphatic carboxylic acids is 3. The second-order valence-electron chi connectivity index (χ2n) is 13.1. The summed E-state index contributed by atoms with van der Waals surface area (Å²) < 4.78 is 39.6. The normalized spacial score (nSPS) is 19.3. The van der Waals surface area contributed by atoms with Gasteiger partial charge in [-0.05, 0) is 74.6 Å². The van der Waals surface area contributed by atoms with Crippen LogP contribution in [0.4, 0.5) is 0 Å². The lowest BCUT2D eigenvalue weighted by Crippen LogP contribution is -2.55. The highest BCUT2D eigenvalue weighted by Gasteiger charge is 2.48. The van der Waals surface area contributed by atoms with Crippen LogP contribution in [-0.2, 0) is 43.3 Å². The standard InChI is InChI=1S/C19H32N2O5.C15H14ClN3O10S/c1-4-8-14(19(25)26-5-2)20-12(3)17(22)21-15-10-7-6-9-13(15)11-16(21)18(23)24;16-8-1-3-9(4-2-8)30(26,27)14-13(18-29-19(14)25)28-6-5-11(20)17-10(15(23)24)7-12(21)22/h12-16,20H,4-11H2,1-3H3,(H,23,24);1-4,10H,5-7H2,(H,17,20)(H,21,22)(H,23,24)/t12-,13-,14-,15-,16-;10-/m00/s1. The number of carboxylic acids is 3. The minimum atomic E-state index is -4.40. The lowest BCUT2D eigenvalue weighted by molar-refractivity contribution is -0.832. The van der Waals surface area contributed by atoms with Crippen molar-refractivity contribution in [3.05, 3.63) is 34.5 Å². The lowest BCUT2D eigenvalue weighted by atomic mass is 9.84. The molecule has 0 radical (unpaired) electrons. The summed E-state index contributed by atoms with van der Waals surface area (Å²) in [5, 5.41) is 46.4. The smallest absolute Gasteiger partial charge is 0.414 e. The number of likely N-dealkylation sites (tertiary alicyclic amines) is 1. The van der Waals surface area contributed by atoms with Crippen molar-refractivity contribution in [3.8, 4) is 5.88 Å². The monoisotopic (exact) mass is 831 g/mol. The molecule has 4 rings (SSSR count). The van der Waals surface area contributed by atoms with E-state index in [2.05, 4.69) is 15.1 Å². The van der Waals surface area contributed by atoms with Crippen LogP contribution in [-0.4, -0.2) is 113 Å². The topological polar surface area (TPSA) is 296 Å². The molecule has 1 saturated carbocycles. The van der Waals surface area contributed by atoms with Crippen molar-refractivity contribution in [2.75, 3.05) is 13.2 Å². The average Bonchev–Trinajstić information content (AvgIpc) is 3.72. The van der Waals surface area contributed by atoms with E-state index in [1.54, 1.807) is 18.7 Å². The molecule has 1 aromatic heterocycles. The molecule has 56 heavy (non-hydrogen) atoms. The maximum Gasteiger partial charge on any atom is 0.414 e. The average molecular weight is 832 g/mol. The van der Waals surface area contributed by atoms with Crippen molar-refractivity contribution < 1.29 is 71.5 Å². The van der Waals surface area contributed by atoms with E-state index < -0.39 is 88.2 Å². The molecule has 2 fully saturated rings. The number of esters is 1. The minimum absolute atomic E-state index is 0.00817. The molecule has 20 nitrogen and oxygen atoms in total. The Morgan fingerprint density at radius 3 is 2.32 bits per heavy atom. The van der Waals surface area contributed by atoms with Gasteiger partial charge in [0.2, 0.25) is 11.8 Å². The Morgan fingerprint density at radius 1 is 1.07 bits per heavy atom. The van der Waals surface area contributed by atoms with Crippen molar-refractivity contribution in [1.82, 2.24) is 20.7 Å². The molecule has 2 heterocycles. The summed E-state index contributed by atoms with van der Waals surface area (Å²) in [6, 6.07) is 1.29. The van der Waals surface area contributed by atoms with Crippen molar-refractivity contribution in [1.29, 1.82) is 0 Å². The summed E-state index contributed by atoms with van der Waals surface area (Å²) in [5.74, 6) is -5.83. The summed E-state index contributed by atoms with van der Waals surface area (Å²) in [6.45, 7) is 5.20. The summed E-state index contributed by atoms with van der Waals surface area (Å²) in [7, 11) is -4.40. The molecule has 2 aromatic rings. The number of ether oxygens (including phenoxy) is 2. The predicted molar refractivity (Wildman–Crippen MR) is 191 cm³/mol. The van der Waals surface area contributed by atoms with Gasteiger partial charge in [0.05, 0.1) is 35.5 Å². The molecule has 6 atom stereocenters. The highest BCUT2D eigenvalue weighted by atomic mass is 35.5. The molecule has 0 unspecified atom stereocenters. The minimum Gasteiger partial charge on any atom is -0.481 e. The third kappa shape index (κ3) is 12.0. The second kappa shape index (κ2) is 20.8. The van der Waals surface area contributed by atoms with Crippen LogP contribution in [0.1, 0.15) is 78.6 Å². The van der Waals surface area contributed by atoms with Gasteiger partial charge in [-0.25, -0.2) is 18.0 Å². The number of carbonyl (C=O) groups is 6. The van der Waals surface area contributed by atoms with Crippen LogP contribution in [0, 0.1) is 11.1 Å². The third-order valence-electron chi connectivity index (χ3n) is 9.10. The van der Waals surface area contributed by atoms with Crippen LogP contribution in [0.3, 0.4) is 0 Å². The van der Waals surface area contributed by atoms with Gasteiger partial charge in [-0.15, -0.1) is 0 Å². The van der Waals surface area contributed by atoms with Gasteiger partial charge < -0.3 is 40.2 Å². The second-order valence-corrected chi connectivity index (χ2v) is 15.4. The molecule has 0 spiro atoms. The number of carboxylic acid groups (broad SMARTS) is 3. The molecular formula is C34H46ClN5O15S. The van der Waals surface area contributed by atoms with E-state index in [0.717, 1.165) is 44.2 Å². The highest BCUT2D eigenvalue weighted by molar-refractivity contribution is 7.91. The quantitative estimate of drug-likeness (QED) is 0.105. The van der Waals surface area contributed by atoms with Gasteiger partial charge in [-0.2, -0.15) is 0 Å². The number of nitrogens with zero attached hydrogens (tertiary/aromatic N) is 3. The van der Waals surface area contributed by atoms with Crippen LogP contribution in [0.2, 0.25) is 5.02 Å². The molecule has 310 valence electrons. The summed E-state index contributed by atoms with van der Waals surface area (Å²) >= 11 is 5.71. The Kier molecular flexibility index (Phi) is 16.8. The van der Waals surface area contributed by atoms with Gasteiger partial charge in [-0.1, -0.05) is 37.8 Å². The summed E-state index contributed by atoms with van der Waals surface area (Å²) in [6.07, 6.45) is 4.54. The van der Waals surface area contributed by atoms with E-state index in [4.69, 9.17) is 31.3 Å². The van der Waals surface area contributed by atoms with E-state index in [9.17, 15) is 47.5 Å². The largest absolute Gasteiger partial charge is 0.481 e. The number of nitrogens with one attached hydrogen (secondary N) is 2. The third-order valence-corrected chi connectivity index (χ3v) is 11.1. The number of hydrogen-bond donors (Lipinski definition) is 5. The van der Waals surface area contributed by atoms with E-state index in [-0.39, 0.29) is 38.7 Å². The SMILES string of the molecule is CCC[C@H](N[C@@H](C)C(=O)N1[C@H](C(=O)O)C[C@@H]2CCCC[C@@H]21)C(=O)OCC.O=C(O)C[C@H](NC(=O)CCOc1no[n+]([O-])c1S(=O)(=O)c1ccc(Cl)cc1)C(=O)O. The Bertz CT molecular complexity index is 1820. The molecule has 2 amide bonds. The number of rotatable bonds is 18. The fourth-order valence-corrected chi connectivity index (χ4v) is 7.93. The molecule has 2 aliphatic rings. The first kappa shape index (κ1) is 45.4. The number of carbonyl (C=O) groups excluding carboxylic acids is 3. The zero-order valence-corrected chi connectivity index (χ0v) is 32.5. The van der Waals surface area contributed by atoms with Gasteiger partial charge in [0.15, 0.2) is 0 Å². The molecule has 22 heteroatoms. The molecule has 5 N–H and O–H groups in total. The van der Waals surface area contributed by atoms with Crippen LogP contribution in [0.5, 0.6) is 5.88 Å². The Morgan fingerprint density at radius 2 is 1.73 bits per heavy atom. The predicted octanol–water partition coefficient (Wildman–Crippen LogP) is 1.55. The van der Waals surface area contributed by atoms with Crippen molar-refractivity contribution >= 4 is 57.1 Å². The van der Waals surface area contributed by atoms with Crippen molar-refractivity contribution in [2.45, 2.75) is 119 Å². The number of amides is 2. The summed E-state index contributed by atoms with van der Waals surface area (Å²) in [4.78, 5) is 71.1. The fourth-order valence-electron chi connectivity index (χ4n) is 6.53. The van der Waals surface area contributed by atoms with Gasteiger partial charge in [0.1, 0.15) is 24.7 Å². The Hall–Kier alpha value is -5.02. The molecule has 0 bridgehead atoms. The summed E-state index contributed by atoms with van der Waals surface area (Å²) in [5.41, 5.74) is 0. The zero-order valence-electron chi connectivity index (χ0n) is 30.9. The van der Waals surface area contributed by atoms with Crippen LogP contribution >= 0.6 is 11.6 Å². The highest BCUT2D eigenvalue weighted by Crippen LogP contribution is 2.40. The van der Waals surface area contributed by atoms with Gasteiger partial charge >= 0.3 is 34.8 Å². The maximum atomic E-state index is 13.1. The van der Waals surface area contributed by atoms with Gasteiger partial charge in [0, 0.05) is 11.1 Å². The number of benzene rings is 1. The molecule has 1 aromatic carbocycles. The first-order valence-corrected chi connectivity index (χ1v) is 19.7. The van der Waals surface area contributed by atoms with E-state index in [1.807, 2.05) is 12.2 Å². The molecular weight excluding hydrogens is 786 g/mol. The van der Waals surface area contributed by atoms with E-state index in [0.29, 0.717) is 19.4 Å². The molecule has 1 saturated heterocycles. The fraction of sp³-hybridized carbons (Fsp3) is 0.588. The van der Waals surface area contributed by atoms with E-state index in [1.165, 1.54) is 12.1 Å². The van der Waals surface area contributed by atoms with Crippen LogP contribution < -0.4 is 20.3 Å². The zero-order chi connectivity index (χ0) is 41.7. The van der Waals surface area contributed by atoms with Crippen molar-refractivity contribution in [2.24, 2.45) is 5.92 Å². The Labute approximate surface area is 326 Å². The molecule has 1 aliphatic heterocycles. The maximum absolute atomic E-state index is 13.1. The number of hydrogen-bond acceptors (Lipinski definition) is 14. The van der Waals surface area contributed by atoms with Crippen LogP contribution in [0.25, 0.3) is 0 Å². The van der Waals surface area contributed by atoms with Gasteiger partial charge in [0.25, 0.3) is 9.84 Å².